The second kappa shape index (κ2) is 1.94. The fourth-order valence-corrected chi connectivity index (χ4v) is 1.09. The normalized spacial score (nSPS) is 31.8. The maximum Gasteiger partial charge on any atom is 0.133 e. The van der Waals surface area contributed by atoms with Gasteiger partial charge in [0, 0.05) is 11.8 Å². The standard InChI is InChI=1S/C7H10O2/c1-4(8)6-3-7(6)5(2)9/h6-7H,3H2,1-2H3/t6-,7-/m0/s1. The summed E-state index contributed by atoms with van der Waals surface area (Å²) >= 11 is 0. The van der Waals surface area contributed by atoms with Gasteiger partial charge in [0.15, 0.2) is 0 Å². The van der Waals surface area contributed by atoms with Crippen LogP contribution in [0.1, 0.15) is 20.3 Å². The van der Waals surface area contributed by atoms with E-state index >= 15 is 0 Å². The first-order valence-electron chi connectivity index (χ1n) is 3.14. The van der Waals surface area contributed by atoms with Gasteiger partial charge < -0.3 is 0 Å². The molecule has 0 aromatic rings. The monoisotopic (exact) mass is 126 g/mol. The summed E-state index contributed by atoms with van der Waals surface area (Å²) in [5, 5.41) is 0. The average Bonchev–Trinajstić information content (AvgIpc) is 2.39. The molecular weight excluding hydrogens is 116 g/mol. The van der Waals surface area contributed by atoms with E-state index in [9.17, 15) is 9.59 Å². The van der Waals surface area contributed by atoms with E-state index in [1.807, 2.05) is 0 Å². The van der Waals surface area contributed by atoms with Crippen molar-refractivity contribution in [3.05, 3.63) is 0 Å². The molecule has 2 nitrogen and oxygen atoms in total. The maximum atomic E-state index is 10.6. The lowest BCUT2D eigenvalue weighted by molar-refractivity contribution is -0.122. The van der Waals surface area contributed by atoms with Gasteiger partial charge in [0.1, 0.15) is 11.6 Å². The van der Waals surface area contributed by atoms with Gasteiger partial charge in [0.05, 0.1) is 0 Å². The van der Waals surface area contributed by atoms with Crippen LogP contribution >= 0.6 is 0 Å². The highest BCUT2D eigenvalue weighted by Gasteiger charge is 2.43. The van der Waals surface area contributed by atoms with Gasteiger partial charge in [-0.25, -0.2) is 0 Å². The lowest BCUT2D eigenvalue weighted by Crippen LogP contribution is -2.01. The van der Waals surface area contributed by atoms with Crippen molar-refractivity contribution in [3.63, 3.8) is 0 Å². The zero-order valence-corrected chi connectivity index (χ0v) is 5.68. The van der Waals surface area contributed by atoms with Gasteiger partial charge in [-0.3, -0.25) is 9.59 Å². The molecule has 0 unspecified atom stereocenters. The van der Waals surface area contributed by atoms with Crippen molar-refractivity contribution in [3.8, 4) is 0 Å². The number of hydrogen-bond donors (Lipinski definition) is 0. The average molecular weight is 126 g/mol. The molecule has 1 aliphatic rings. The fourth-order valence-electron chi connectivity index (χ4n) is 1.09. The molecule has 9 heavy (non-hydrogen) atoms. The van der Waals surface area contributed by atoms with Crippen molar-refractivity contribution in [2.75, 3.05) is 0 Å². The summed E-state index contributed by atoms with van der Waals surface area (Å²) in [5.74, 6) is 0.468. The summed E-state index contributed by atoms with van der Waals surface area (Å²) in [6, 6.07) is 0. The molecular formula is C7H10O2. The summed E-state index contributed by atoms with van der Waals surface area (Å²) in [6.45, 7) is 3.10. The van der Waals surface area contributed by atoms with Crippen molar-refractivity contribution < 1.29 is 9.59 Å². The molecule has 1 rings (SSSR count). The molecule has 0 radical (unpaired) electrons. The number of carbonyl (C=O) groups is 2. The van der Waals surface area contributed by atoms with Crippen molar-refractivity contribution >= 4 is 11.6 Å². The van der Waals surface area contributed by atoms with Gasteiger partial charge in [-0.2, -0.15) is 0 Å². The van der Waals surface area contributed by atoms with Crippen molar-refractivity contribution in [1.29, 1.82) is 0 Å². The van der Waals surface area contributed by atoms with E-state index in [2.05, 4.69) is 0 Å². The predicted octanol–water partition coefficient (Wildman–Crippen LogP) is 0.800. The Bertz CT molecular complexity index is 142. The molecule has 0 heterocycles. The summed E-state index contributed by atoms with van der Waals surface area (Å²) in [7, 11) is 0. The third kappa shape index (κ3) is 1.18. The molecule has 0 bridgehead atoms. The Balaban J connectivity index is 2.42. The van der Waals surface area contributed by atoms with Crippen LogP contribution in [0.15, 0.2) is 0 Å². The highest BCUT2D eigenvalue weighted by atomic mass is 16.1. The predicted molar refractivity (Wildman–Crippen MR) is 33.0 cm³/mol. The van der Waals surface area contributed by atoms with Gasteiger partial charge in [0.2, 0.25) is 0 Å². The summed E-state index contributed by atoms with van der Waals surface area (Å²) in [6.07, 6.45) is 0.796. The number of hydrogen-bond acceptors (Lipinski definition) is 2. The SMILES string of the molecule is CC(=O)[C@@H]1C[C@H]1C(C)=O. The third-order valence-electron chi connectivity index (χ3n) is 1.83. The molecule has 0 amide bonds. The Morgan fingerprint density at radius 1 is 1.11 bits per heavy atom. The zero-order valence-electron chi connectivity index (χ0n) is 5.68. The molecule has 2 heteroatoms. The Morgan fingerprint density at radius 3 is 1.56 bits per heavy atom. The Kier molecular flexibility index (Phi) is 1.39. The van der Waals surface area contributed by atoms with Gasteiger partial charge >= 0.3 is 0 Å². The smallest absolute Gasteiger partial charge is 0.133 e. The van der Waals surface area contributed by atoms with E-state index in [0.717, 1.165) is 6.42 Å². The van der Waals surface area contributed by atoms with E-state index in [0.29, 0.717) is 0 Å². The molecule has 1 saturated carbocycles. The first-order valence-corrected chi connectivity index (χ1v) is 3.14. The van der Waals surface area contributed by atoms with E-state index in [1.165, 1.54) is 0 Å². The van der Waals surface area contributed by atoms with Crippen molar-refractivity contribution in [1.82, 2.24) is 0 Å². The highest BCUT2D eigenvalue weighted by Crippen LogP contribution is 2.39. The molecule has 0 aromatic heterocycles. The van der Waals surface area contributed by atoms with Gasteiger partial charge in [0.25, 0.3) is 0 Å². The Hall–Kier alpha value is -0.660. The van der Waals surface area contributed by atoms with Crippen LogP contribution in [0.4, 0.5) is 0 Å². The number of Topliss-reactive ketones (excluding diaryl/α,β-unsaturated/α-hetero) is 2. The molecule has 0 spiro atoms. The highest BCUT2D eigenvalue weighted by molar-refractivity contribution is 5.92. The Labute approximate surface area is 54.2 Å². The van der Waals surface area contributed by atoms with Crippen LogP contribution in [-0.4, -0.2) is 11.6 Å². The first-order chi connectivity index (χ1) is 4.13. The van der Waals surface area contributed by atoms with Crippen LogP contribution in [0.2, 0.25) is 0 Å². The molecule has 0 aliphatic heterocycles. The van der Waals surface area contributed by atoms with Gasteiger partial charge in [-0.15, -0.1) is 0 Å². The van der Waals surface area contributed by atoms with E-state index in [1.54, 1.807) is 13.8 Å². The van der Waals surface area contributed by atoms with Crippen LogP contribution in [-0.2, 0) is 9.59 Å². The Morgan fingerprint density at radius 2 is 1.44 bits per heavy atom. The van der Waals surface area contributed by atoms with E-state index < -0.39 is 0 Å². The molecule has 0 aromatic carbocycles. The van der Waals surface area contributed by atoms with Crippen LogP contribution in [0.5, 0.6) is 0 Å². The van der Waals surface area contributed by atoms with E-state index in [-0.39, 0.29) is 23.4 Å². The van der Waals surface area contributed by atoms with Gasteiger partial charge in [-0.1, -0.05) is 0 Å². The minimum absolute atomic E-state index is 0.0718. The van der Waals surface area contributed by atoms with E-state index in [4.69, 9.17) is 0 Å². The molecule has 2 atom stereocenters. The third-order valence-corrected chi connectivity index (χ3v) is 1.83. The molecule has 0 N–H and O–H groups in total. The topological polar surface area (TPSA) is 34.1 Å². The largest absolute Gasteiger partial charge is 0.300 e. The number of carbonyl (C=O) groups excluding carboxylic acids is 2. The lowest BCUT2D eigenvalue weighted by Gasteiger charge is -1.86. The minimum Gasteiger partial charge on any atom is -0.300 e. The van der Waals surface area contributed by atoms with Crippen LogP contribution in [0, 0.1) is 11.8 Å². The van der Waals surface area contributed by atoms with Crippen molar-refractivity contribution in [2.45, 2.75) is 20.3 Å². The van der Waals surface area contributed by atoms with Crippen LogP contribution in [0.3, 0.4) is 0 Å². The minimum atomic E-state index is 0.0718. The maximum absolute atomic E-state index is 10.6. The van der Waals surface area contributed by atoms with Gasteiger partial charge in [-0.05, 0) is 20.3 Å². The molecule has 1 aliphatic carbocycles. The summed E-state index contributed by atoms with van der Waals surface area (Å²) in [4.78, 5) is 21.1. The lowest BCUT2D eigenvalue weighted by atomic mass is 10.2. The fraction of sp³-hybridized carbons (Fsp3) is 0.714. The van der Waals surface area contributed by atoms with Crippen molar-refractivity contribution in [2.24, 2.45) is 11.8 Å². The number of ketones is 2. The second-order valence-electron chi connectivity index (χ2n) is 2.67. The first kappa shape index (κ1) is 6.46. The quantitative estimate of drug-likeness (QED) is 0.548. The summed E-state index contributed by atoms with van der Waals surface area (Å²) in [5.41, 5.74) is 0. The molecule has 0 saturated heterocycles. The molecule has 1 fully saturated rings. The summed E-state index contributed by atoms with van der Waals surface area (Å²) < 4.78 is 0. The van der Waals surface area contributed by atoms with Crippen LogP contribution < -0.4 is 0 Å². The second-order valence-corrected chi connectivity index (χ2v) is 2.67. The number of rotatable bonds is 2. The molecule has 50 valence electrons. The van der Waals surface area contributed by atoms with Crippen LogP contribution in [0.25, 0.3) is 0 Å². The zero-order chi connectivity index (χ0) is 7.02.